The van der Waals surface area contributed by atoms with Crippen LogP contribution < -0.4 is 0 Å². The van der Waals surface area contributed by atoms with E-state index in [9.17, 15) is 4.79 Å². The molecule has 0 fully saturated rings. The molecule has 0 aliphatic rings. The standard InChI is InChI=1S/C24H32ClNO2/c1-19(20-12-7-5-8-13-20)26(17-11-16-25)22(21-14-9-6-10-15-21)18-23(27)28-24(2,3)4/h5-10,12-15,19,22H,11,16-18H2,1-4H3/t19-,22?/m1/s1. The molecule has 3 nitrogen and oxygen atoms in total. The third-order valence-corrected chi connectivity index (χ3v) is 4.96. The van der Waals surface area contributed by atoms with Crippen LogP contribution in [0.3, 0.4) is 0 Å². The number of ether oxygens (including phenoxy) is 1. The molecule has 0 N–H and O–H groups in total. The van der Waals surface area contributed by atoms with Crippen molar-refractivity contribution in [2.45, 2.75) is 58.2 Å². The minimum absolute atomic E-state index is 0.0746. The molecule has 2 atom stereocenters. The smallest absolute Gasteiger partial charge is 0.308 e. The molecular formula is C24H32ClNO2. The number of esters is 1. The molecule has 0 aliphatic heterocycles. The maximum Gasteiger partial charge on any atom is 0.308 e. The fourth-order valence-electron chi connectivity index (χ4n) is 3.43. The van der Waals surface area contributed by atoms with Crippen molar-refractivity contribution in [2.24, 2.45) is 0 Å². The zero-order valence-corrected chi connectivity index (χ0v) is 18.2. The van der Waals surface area contributed by atoms with Crippen molar-refractivity contribution in [3.63, 3.8) is 0 Å². The molecule has 0 bridgehead atoms. The summed E-state index contributed by atoms with van der Waals surface area (Å²) in [6.45, 7) is 8.71. The lowest BCUT2D eigenvalue weighted by Gasteiger charge is -2.37. The zero-order valence-electron chi connectivity index (χ0n) is 17.4. The van der Waals surface area contributed by atoms with Gasteiger partial charge in [0.15, 0.2) is 0 Å². The summed E-state index contributed by atoms with van der Waals surface area (Å²) in [7, 11) is 0. The Morgan fingerprint density at radius 2 is 1.54 bits per heavy atom. The first-order valence-corrected chi connectivity index (χ1v) is 10.5. The monoisotopic (exact) mass is 401 g/mol. The Morgan fingerprint density at radius 3 is 2.04 bits per heavy atom. The van der Waals surface area contributed by atoms with Crippen molar-refractivity contribution >= 4 is 17.6 Å². The predicted octanol–water partition coefficient (Wildman–Crippen LogP) is 6.15. The van der Waals surface area contributed by atoms with Gasteiger partial charge in [-0.3, -0.25) is 9.69 Å². The molecule has 2 aromatic rings. The first-order chi connectivity index (χ1) is 13.3. The van der Waals surface area contributed by atoms with Crippen LogP contribution in [0.25, 0.3) is 0 Å². The number of benzene rings is 2. The molecular weight excluding hydrogens is 370 g/mol. The summed E-state index contributed by atoms with van der Waals surface area (Å²) in [4.78, 5) is 15.1. The van der Waals surface area contributed by atoms with Crippen LogP contribution in [0.4, 0.5) is 0 Å². The van der Waals surface area contributed by atoms with E-state index in [0.717, 1.165) is 18.5 Å². The summed E-state index contributed by atoms with van der Waals surface area (Å²) < 4.78 is 5.64. The second-order valence-corrected chi connectivity index (χ2v) is 8.46. The van der Waals surface area contributed by atoms with Gasteiger partial charge in [-0.25, -0.2) is 0 Å². The minimum Gasteiger partial charge on any atom is -0.460 e. The van der Waals surface area contributed by atoms with E-state index in [1.165, 1.54) is 5.56 Å². The Bertz CT molecular complexity index is 712. The Morgan fingerprint density at radius 1 is 1.00 bits per heavy atom. The van der Waals surface area contributed by atoms with Gasteiger partial charge in [-0.2, -0.15) is 0 Å². The number of hydrogen-bond donors (Lipinski definition) is 0. The topological polar surface area (TPSA) is 29.5 Å². The Kier molecular flexibility index (Phi) is 8.53. The lowest BCUT2D eigenvalue weighted by atomic mass is 9.97. The molecule has 0 aromatic heterocycles. The summed E-state index contributed by atoms with van der Waals surface area (Å²) >= 11 is 6.02. The lowest BCUT2D eigenvalue weighted by molar-refractivity contribution is -0.156. The van der Waals surface area contributed by atoms with Crippen molar-refractivity contribution < 1.29 is 9.53 Å². The van der Waals surface area contributed by atoms with Crippen LogP contribution >= 0.6 is 11.6 Å². The molecule has 1 unspecified atom stereocenters. The molecule has 0 spiro atoms. The summed E-state index contributed by atoms with van der Waals surface area (Å²) in [6.07, 6.45) is 1.16. The van der Waals surface area contributed by atoms with E-state index in [-0.39, 0.29) is 18.1 Å². The van der Waals surface area contributed by atoms with E-state index in [4.69, 9.17) is 16.3 Å². The van der Waals surface area contributed by atoms with Gasteiger partial charge in [0.2, 0.25) is 0 Å². The van der Waals surface area contributed by atoms with Gasteiger partial charge in [-0.1, -0.05) is 60.7 Å². The Hall–Kier alpha value is -1.84. The summed E-state index contributed by atoms with van der Waals surface area (Å²) in [5, 5.41) is 0. The second-order valence-electron chi connectivity index (χ2n) is 8.08. The molecule has 152 valence electrons. The van der Waals surface area contributed by atoms with Gasteiger partial charge in [0, 0.05) is 24.5 Å². The number of nitrogens with zero attached hydrogens (tertiary/aromatic N) is 1. The van der Waals surface area contributed by atoms with E-state index in [1.807, 2.05) is 45.0 Å². The van der Waals surface area contributed by atoms with Crippen LogP contribution in [0.15, 0.2) is 60.7 Å². The highest BCUT2D eigenvalue weighted by Crippen LogP contribution is 2.33. The third-order valence-electron chi connectivity index (χ3n) is 4.69. The summed E-state index contributed by atoms with van der Waals surface area (Å²) in [5.41, 5.74) is 1.84. The summed E-state index contributed by atoms with van der Waals surface area (Å²) in [6, 6.07) is 20.7. The molecule has 0 heterocycles. The average Bonchev–Trinajstić information content (AvgIpc) is 2.67. The van der Waals surface area contributed by atoms with Gasteiger partial charge in [-0.05, 0) is 45.2 Å². The maximum absolute atomic E-state index is 12.7. The molecule has 28 heavy (non-hydrogen) atoms. The molecule has 0 amide bonds. The van der Waals surface area contributed by atoms with Crippen LogP contribution in [0, 0.1) is 0 Å². The van der Waals surface area contributed by atoms with Gasteiger partial charge in [0.1, 0.15) is 5.60 Å². The van der Waals surface area contributed by atoms with E-state index in [0.29, 0.717) is 12.3 Å². The fraction of sp³-hybridized carbons (Fsp3) is 0.458. The molecule has 2 aromatic carbocycles. The van der Waals surface area contributed by atoms with Crippen LogP contribution in [0.1, 0.15) is 63.7 Å². The van der Waals surface area contributed by atoms with Crippen molar-refractivity contribution in [3.8, 4) is 0 Å². The van der Waals surface area contributed by atoms with Crippen molar-refractivity contribution in [1.29, 1.82) is 0 Å². The highest BCUT2D eigenvalue weighted by atomic mass is 35.5. The minimum atomic E-state index is -0.496. The number of carbonyl (C=O) groups excluding carboxylic acids is 1. The van der Waals surface area contributed by atoms with Gasteiger partial charge in [0.05, 0.1) is 6.42 Å². The van der Waals surface area contributed by atoms with Crippen molar-refractivity contribution in [1.82, 2.24) is 4.90 Å². The molecule has 2 rings (SSSR count). The molecule has 0 radical (unpaired) electrons. The normalized spacial score (nSPS) is 13.9. The third kappa shape index (κ3) is 6.96. The fourth-order valence-corrected chi connectivity index (χ4v) is 3.55. The van der Waals surface area contributed by atoms with E-state index < -0.39 is 5.60 Å². The first-order valence-electron chi connectivity index (χ1n) is 9.95. The quantitative estimate of drug-likeness (QED) is 0.372. The van der Waals surface area contributed by atoms with Gasteiger partial charge >= 0.3 is 5.97 Å². The molecule has 0 saturated heterocycles. The number of halogens is 1. The van der Waals surface area contributed by atoms with Crippen LogP contribution in [-0.2, 0) is 9.53 Å². The van der Waals surface area contributed by atoms with E-state index in [1.54, 1.807) is 0 Å². The average molecular weight is 402 g/mol. The SMILES string of the molecule is C[C@H](c1ccccc1)N(CCCCl)C(CC(=O)OC(C)(C)C)c1ccccc1. The maximum atomic E-state index is 12.7. The number of alkyl halides is 1. The van der Waals surface area contributed by atoms with E-state index in [2.05, 4.69) is 48.2 Å². The first kappa shape index (κ1) is 22.4. The van der Waals surface area contributed by atoms with Gasteiger partial charge < -0.3 is 4.74 Å². The highest BCUT2D eigenvalue weighted by Gasteiger charge is 2.29. The largest absolute Gasteiger partial charge is 0.460 e. The van der Waals surface area contributed by atoms with Crippen molar-refractivity contribution in [3.05, 3.63) is 71.8 Å². The van der Waals surface area contributed by atoms with Crippen LogP contribution in [0.2, 0.25) is 0 Å². The predicted molar refractivity (Wildman–Crippen MR) is 117 cm³/mol. The Labute approximate surface area is 174 Å². The molecule has 0 aliphatic carbocycles. The Balaban J connectivity index is 2.35. The zero-order chi connectivity index (χ0) is 20.6. The number of hydrogen-bond acceptors (Lipinski definition) is 3. The number of carbonyl (C=O) groups is 1. The number of rotatable bonds is 9. The van der Waals surface area contributed by atoms with Gasteiger partial charge in [0.25, 0.3) is 0 Å². The van der Waals surface area contributed by atoms with Crippen molar-refractivity contribution in [2.75, 3.05) is 12.4 Å². The van der Waals surface area contributed by atoms with E-state index >= 15 is 0 Å². The second kappa shape index (κ2) is 10.6. The van der Waals surface area contributed by atoms with Gasteiger partial charge in [-0.15, -0.1) is 11.6 Å². The van der Waals surface area contributed by atoms with Crippen LogP contribution in [0.5, 0.6) is 0 Å². The lowest BCUT2D eigenvalue weighted by Crippen LogP contribution is -2.35. The molecule has 0 saturated carbocycles. The summed E-state index contributed by atoms with van der Waals surface area (Å²) in [5.74, 6) is 0.406. The molecule has 4 heteroatoms. The highest BCUT2D eigenvalue weighted by molar-refractivity contribution is 6.17. The van der Waals surface area contributed by atoms with Crippen LogP contribution in [-0.4, -0.2) is 28.9 Å².